The molecule has 1 atom stereocenters. The molecule has 2 aromatic carbocycles. The topological polar surface area (TPSA) is 32.7 Å². The molecule has 3 nitrogen and oxygen atoms in total. The number of aliphatic imine (C=N–C) groups is 1. The minimum Gasteiger partial charge on any atom is -0.328 e. The third-order valence-corrected chi connectivity index (χ3v) is 4.95. The van der Waals surface area contributed by atoms with Crippen molar-refractivity contribution in [3.05, 3.63) is 60.2 Å². The number of amides is 1. The second kappa shape index (κ2) is 7.67. The van der Waals surface area contributed by atoms with Crippen molar-refractivity contribution in [3.63, 3.8) is 0 Å². The number of rotatable bonds is 5. The van der Waals surface area contributed by atoms with Crippen LogP contribution in [0.3, 0.4) is 0 Å². The predicted octanol–water partition coefficient (Wildman–Crippen LogP) is 5.61. The summed E-state index contributed by atoms with van der Waals surface area (Å²) in [5.74, 6) is 0.105. The van der Waals surface area contributed by atoms with E-state index >= 15 is 0 Å². The van der Waals surface area contributed by atoms with Crippen LogP contribution >= 0.6 is 0 Å². The summed E-state index contributed by atoms with van der Waals surface area (Å²) in [5, 5.41) is 0. The lowest BCUT2D eigenvalue weighted by Gasteiger charge is -2.31. The molecule has 1 fully saturated rings. The second-order valence-corrected chi connectivity index (χ2v) is 8.49. The molecule has 0 aliphatic heterocycles. The van der Waals surface area contributed by atoms with Crippen LogP contribution in [0.1, 0.15) is 57.8 Å². The molecule has 0 N–H and O–H groups in total. The third-order valence-electron chi connectivity index (χ3n) is 4.95. The zero-order valence-corrected chi connectivity index (χ0v) is 17.1. The molecule has 1 aliphatic carbocycles. The molecule has 2 aromatic rings. The zero-order chi connectivity index (χ0) is 19.6. The minimum atomic E-state index is -0.131. The van der Waals surface area contributed by atoms with Crippen molar-refractivity contribution in [1.29, 1.82) is 0 Å². The molecular weight excluding hydrogens is 332 g/mol. The van der Waals surface area contributed by atoms with Crippen LogP contribution in [0.4, 0.5) is 0 Å². The number of hydrogen-bond acceptors (Lipinski definition) is 2. The van der Waals surface area contributed by atoms with Crippen molar-refractivity contribution in [1.82, 2.24) is 4.90 Å². The molecular formula is C24H30N2O. The fourth-order valence-electron chi connectivity index (χ4n) is 3.42. The smallest absolute Gasteiger partial charge is 0.254 e. The summed E-state index contributed by atoms with van der Waals surface area (Å²) in [7, 11) is 0. The second-order valence-electron chi connectivity index (χ2n) is 8.49. The molecule has 1 aliphatic rings. The molecule has 0 bridgehead atoms. The number of hydrogen-bond donors (Lipinski definition) is 0. The molecule has 1 saturated carbocycles. The van der Waals surface area contributed by atoms with Gasteiger partial charge in [-0.3, -0.25) is 9.79 Å². The van der Waals surface area contributed by atoms with Crippen LogP contribution in [0.15, 0.2) is 59.6 Å². The Morgan fingerprint density at radius 3 is 2.07 bits per heavy atom. The molecule has 142 valence electrons. The van der Waals surface area contributed by atoms with Crippen LogP contribution in [0.5, 0.6) is 0 Å². The van der Waals surface area contributed by atoms with Crippen LogP contribution in [0.25, 0.3) is 11.1 Å². The Morgan fingerprint density at radius 1 is 1.00 bits per heavy atom. The Labute approximate surface area is 163 Å². The zero-order valence-electron chi connectivity index (χ0n) is 17.1. The number of benzene rings is 2. The molecule has 0 spiro atoms. The van der Waals surface area contributed by atoms with E-state index in [1.807, 2.05) is 54.3 Å². The van der Waals surface area contributed by atoms with Crippen LogP contribution < -0.4 is 0 Å². The minimum absolute atomic E-state index is 0.0121. The van der Waals surface area contributed by atoms with Crippen LogP contribution in [0, 0.1) is 0 Å². The first-order valence-corrected chi connectivity index (χ1v) is 9.81. The maximum atomic E-state index is 13.3. The summed E-state index contributed by atoms with van der Waals surface area (Å²) in [4.78, 5) is 20.1. The van der Waals surface area contributed by atoms with E-state index in [-0.39, 0.29) is 17.5 Å². The number of carbonyl (C=O) groups is 1. The lowest BCUT2D eigenvalue weighted by Crippen LogP contribution is -2.44. The fourth-order valence-corrected chi connectivity index (χ4v) is 3.42. The normalized spacial score (nSPS) is 16.1. The highest BCUT2D eigenvalue weighted by Gasteiger charge is 2.37. The van der Waals surface area contributed by atoms with E-state index in [2.05, 4.69) is 39.8 Å². The van der Waals surface area contributed by atoms with Gasteiger partial charge in [0.25, 0.3) is 5.91 Å². The molecule has 27 heavy (non-hydrogen) atoms. The highest BCUT2D eigenvalue weighted by atomic mass is 16.2. The third kappa shape index (κ3) is 4.85. The van der Waals surface area contributed by atoms with Crippen molar-refractivity contribution in [2.75, 3.05) is 0 Å². The van der Waals surface area contributed by atoms with Crippen molar-refractivity contribution in [2.24, 2.45) is 4.99 Å². The highest BCUT2D eigenvalue weighted by Crippen LogP contribution is 2.31. The summed E-state index contributed by atoms with van der Waals surface area (Å²) in [6.45, 7) is 10.4. The first-order valence-electron chi connectivity index (χ1n) is 9.81. The summed E-state index contributed by atoms with van der Waals surface area (Å²) >= 11 is 0. The molecule has 0 saturated heterocycles. The van der Waals surface area contributed by atoms with E-state index in [4.69, 9.17) is 4.99 Å². The van der Waals surface area contributed by atoms with Gasteiger partial charge in [-0.25, -0.2) is 0 Å². The molecule has 1 amide bonds. The molecule has 0 heterocycles. The average molecular weight is 363 g/mol. The number of nitrogens with zero attached hydrogens (tertiary/aromatic N) is 2. The maximum Gasteiger partial charge on any atom is 0.254 e. The molecule has 3 rings (SSSR count). The first-order chi connectivity index (χ1) is 12.8. The van der Waals surface area contributed by atoms with Gasteiger partial charge in [0.1, 0.15) is 0 Å². The van der Waals surface area contributed by atoms with Gasteiger partial charge in [-0.2, -0.15) is 0 Å². The van der Waals surface area contributed by atoms with E-state index in [1.54, 1.807) is 0 Å². The van der Waals surface area contributed by atoms with Gasteiger partial charge in [0.15, 0.2) is 0 Å². The lowest BCUT2D eigenvalue weighted by atomic mass is 10.0. The Morgan fingerprint density at radius 2 is 1.56 bits per heavy atom. The van der Waals surface area contributed by atoms with Crippen LogP contribution in [-0.4, -0.2) is 34.1 Å². The lowest BCUT2D eigenvalue weighted by molar-refractivity contribution is 0.0720. The van der Waals surface area contributed by atoms with Crippen LogP contribution in [0.2, 0.25) is 0 Å². The Kier molecular flexibility index (Phi) is 5.50. The SMILES string of the molecule is CC(=NC(C)(C)C)C(C)N(C(=O)c1ccc(-c2ccccc2)cc1)C1CC1. The Bertz CT molecular complexity index is 812. The molecule has 0 aromatic heterocycles. The average Bonchev–Trinajstić information content (AvgIpc) is 3.46. The Hall–Kier alpha value is -2.42. The summed E-state index contributed by atoms with van der Waals surface area (Å²) in [6.07, 6.45) is 2.17. The van der Waals surface area contributed by atoms with Gasteiger partial charge in [-0.05, 0) is 70.7 Å². The van der Waals surface area contributed by atoms with Gasteiger partial charge in [0, 0.05) is 17.3 Å². The van der Waals surface area contributed by atoms with Gasteiger partial charge in [0.2, 0.25) is 0 Å². The highest BCUT2D eigenvalue weighted by molar-refractivity contribution is 5.99. The standard InChI is InChI=1S/C24H30N2O/c1-17(25-24(3,4)5)18(2)26(22-15-16-22)23(27)21-13-11-20(12-14-21)19-9-7-6-8-10-19/h6-14,18,22H,15-16H2,1-5H3. The Balaban J connectivity index is 1.82. The van der Waals surface area contributed by atoms with Crippen molar-refractivity contribution < 1.29 is 4.79 Å². The van der Waals surface area contributed by atoms with E-state index in [0.29, 0.717) is 6.04 Å². The van der Waals surface area contributed by atoms with E-state index in [1.165, 1.54) is 0 Å². The van der Waals surface area contributed by atoms with Crippen molar-refractivity contribution in [2.45, 2.75) is 65.1 Å². The fraction of sp³-hybridized carbons (Fsp3) is 0.417. The predicted molar refractivity (Wildman–Crippen MR) is 113 cm³/mol. The largest absolute Gasteiger partial charge is 0.328 e. The number of carbonyl (C=O) groups excluding carboxylic acids is 1. The van der Waals surface area contributed by atoms with Gasteiger partial charge in [-0.1, -0.05) is 42.5 Å². The van der Waals surface area contributed by atoms with Crippen molar-refractivity contribution >= 4 is 11.6 Å². The van der Waals surface area contributed by atoms with Gasteiger partial charge >= 0.3 is 0 Å². The van der Waals surface area contributed by atoms with E-state index < -0.39 is 0 Å². The van der Waals surface area contributed by atoms with Gasteiger partial charge < -0.3 is 4.90 Å². The summed E-state index contributed by atoms with van der Waals surface area (Å²) < 4.78 is 0. The maximum absolute atomic E-state index is 13.3. The molecule has 0 radical (unpaired) electrons. The van der Waals surface area contributed by atoms with Gasteiger partial charge in [0.05, 0.1) is 11.6 Å². The monoisotopic (exact) mass is 362 g/mol. The molecule has 3 heteroatoms. The summed E-state index contributed by atoms with van der Waals surface area (Å²) in [6, 6.07) is 18.6. The first kappa shape index (κ1) is 19.3. The van der Waals surface area contributed by atoms with E-state index in [9.17, 15) is 4.79 Å². The quantitative estimate of drug-likeness (QED) is 0.637. The summed E-state index contributed by atoms with van der Waals surface area (Å²) in [5.41, 5.74) is 3.93. The van der Waals surface area contributed by atoms with E-state index in [0.717, 1.165) is 35.2 Å². The van der Waals surface area contributed by atoms with Crippen molar-refractivity contribution in [3.8, 4) is 11.1 Å². The van der Waals surface area contributed by atoms with Crippen LogP contribution in [-0.2, 0) is 0 Å². The van der Waals surface area contributed by atoms with Gasteiger partial charge in [-0.15, -0.1) is 0 Å². The molecule has 1 unspecified atom stereocenters.